The summed E-state index contributed by atoms with van der Waals surface area (Å²) in [6.07, 6.45) is 2.10. The largest absolute Gasteiger partial charge is 0.478 e. The number of hydrogen-bond donors (Lipinski definition) is 1. The fraction of sp³-hybridized carbons (Fsp3) is 0.182. The van der Waals surface area contributed by atoms with Crippen molar-refractivity contribution in [3.63, 3.8) is 0 Å². The zero-order chi connectivity index (χ0) is 10.8. The fourth-order valence-electron chi connectivity index (χ4n) is 1.60. The minimum atomic E-state index is -0.969. The maximum Gasteiger partial charge on any atom is 0.338 e. The monoisotopic (exact) mass is 202 g/mol. The van der Waals surface area contributed by atoms with Gasteiger partial charge in [-0.25, -0.2) is 4.79 Å². The minimum Gasteiger partial charge on any atom is -0.478 e. The molecule has 0 saturated carbocycles. The van der Waals surface area contributed by atoms with E-state index in [1.165, 1.54) is 6.20 Å². The highest BCUT2D eigenvalue weighted by atomic mass is 16.4. The van der Waals surface area contributed by atoms with Gasteiger partial charge in [-0.15, -0.1) is 0 Å². The summed E-state index contributed by atoms with van der Waals surface area (Å²) in [7, 11) is 0. The van der Waals surface area contributed by atoms with Gasteiger partial charge < -0.3 is 5.11 Å². The molecule has 0 unspecified atom stereocenters. The van der Waals surface area contributed by atoms with Gasteiger partial charge in [-0.05, 0) is 12.0 Å². The van der Waals surface area contributed by atoms with Crippen molar-refractivity contribution >= 4 is 16.9 Å². The van der Waals surface area contributed by atoms with Gasteiger partial charge in [0.15, 0.2) is 0 Å². The molecule has 0 saturated heterocycles. The Morgan fingerprint density at radius 2 is 2.27 bits per heavy atom. The smallest absolute Gasteiger partial charge is 0.338 e. The van der Waals surface area contributed by atoms with E-state index in [4.69, 9.17) is 5.11 Å². The molecule has 1 N–H and O–H groups in total. The predicted octanol–water partition coefficient (Wildman–Crippen LogP) is 1.89. The van der Waals surface area contributed by atoms with Crippen LogP contribution in [-0.4, -0.2) is 21.3 Å². The number of nitrogens with zero attached hydrogens (tertiary/aromatic N) is 2. The Bertz CT molecular complexity index is 523. The number of hydrogen-bond acceptors (Lipinski definition) is 3. The average Bonchev–Trinajstić information content (AvgIpc) is 2.27. The lowest BCUT2D eigenvalue weighted by atomic mass is 10.1. The fourth-order valence-corrected chi connectivity index (χ4v) is 1.60. The van der Waals surface area contributed by atoms with Crippen LogP contribution in [0, 0.1) is 0 Å². The number of aryl methyl sites for hydroxylation is 1. The molecule has 0 spiro atoms. The molecule has 1 aromatic heterocycles. The van der Waals surface area contributed by atoms with Crippen molar-refractivity contribution in [1.82, 2.24) is 10.2 Å². The molecule has 4 heteroatoms. The molecule has 2 aromatic rings. The van der Waals surface area contributed by atoms with Crippen molar-refractivity contribution in [2.45, 2.75) is 13.3 Å². The van der Waals surface area contributed by atoms with E-state index < -0.39 is 5.97 Å². The second-order valence-electron chi connectivity index (χ2n) is 3.23. The number of aromatic carboxylic acids is 1. The number of benzene rings is 1. The molecule has 15 heavy (non-hydrogen) atoms. The molecular weight excluding hydrogens is 192 g/mol. The second-order valence-corrected chi connectivity index (χ2v) is 3.23. The number of carboxylic acid groups (broad SMARTS) is 1. The van der Waals surface area contributed by atoms with Crippen LogP contribution in [0.15, 0.2) is 24.4 Å². The molecule has 0 aliphatic heterocycles. The van der Waals surface area contributed by atoms with Crippen molar-refractivity contribution in [2.24, 2.45) is 0 Å². The Kier molecular flexibility index (Phi) is 2.33. The summed E-state index contributed by atoms with van der Waals surface area (Å²) in [6.45, 7) is 2.00. The van der Waals surface area contributed by atoms with Crippen LogP contribution in [0.25, 0.3) is 10.9 Å². The van der Waals surface area contributed by atoms with E-state index in [9.17, 15) is 4.79 Å². The van der Waals surface area contributed by atoms with Gasteiger partial charge in [0.2, 0.25) is 0 Å². The molecule has 1 aromatic carbocycles. The molecule has 0 atom stereocenters. The first-order valence-electron chi connectivity index (χ1n) is 4.70. The summed E-state index contributed by atoms with van der Waals surface area (Å²) in [4.78, 5) is 10.9. The lowest BCUT2D eigenvalue weighted by Crippen LogP contribution is -2.01. The van der Waals surface area contributed by atoms with Crippen molar-refractivity contribution < 1.29 is 9.90 Å². The third-order valence-corrected chi connectivity index (χ3v) is 2.37. The number of carbonyl (C=O) groups is 1. The SMILES string of the molecule is CCc1cccc2c(C(=O)O)cnnc12. The van der Waals surface area contributed by atoms with Crippen LogP contribution in [0.5, 0.6) is 0 Å². The van der Waals surface area contributed by atoms with Crippen molar-refractivity contribution in [3.8, 4) is 0 Å². The zero-order valence-corrected chi connectivity index (χ0v) is 8.27. The third kappa shape index (κ3) is 1.54. The number of rotatable bonds is 2. The number of fused-ring (bicyclic) bond motifs is 1. The molecule has 2 rings (SSSR count). The topological polar surface area (TPSA) is 63.1 Å². The first-order valence-corrected chi connectivity index (χ1v) is 4.70. The molecule has 0 amide bonds. The predicted molar refractivity (Wildman–Crippen MR) is 55.9 cm³/mol. The molecule has 0 aliphatic rings. The van der Waals surface area contributed by atoms with E-state index in [1.807, 2.05) is 19.1 Å². The van der Waals surface area contributed by atoms with Gasteiger partial charge in [0.1, 0.15) is 0 Å². The van der Waals surface area contributed by atoms with Crippen LogP contribution in [0.1, 0.15) is 22.8 Å². The Balaban J connectivity index is 2.82. The van der Waals surface area contributed by atoms with Crippen LogP contribution >= 0.6 is 0 Å². The van der Waals surface area contributed by atoms with Crippen LogP contribution in [-0.2, 0) is 6.42 Å². The van der Waals surface area contributed by atoms with E-state index in [2.05, 4.69) is 10.2 Å². The molecule has 0 aliphatic carbocycles. The third-order valence-electron chi connectivity index (χ3n) is 2.37. The van der Waals surface area contributed by atoms with Crippen LogP contribution in [0.2, 0.25) is 0 Å². The van der Waals surface area contributed by atoms with Gasteiger partial charge >= 0.3 is 5.97 Å². The highest BCUT2D eigenvalue weighted by Gasteiger charge is 2.10. The Labute approximate surface area is 86.6 Å². The van der Waals surface area contributed by atoms with Crippen molar-refractivity contribution in [2.75, 3.05) is 0 Å². The van der Waals surface area contributed by atoms with E-state index in [0.717, 1.165) is 12.0 Å². The summed E-state index contributed by atoms with van der Waals surface area (Å²) < 4.78 is 0. The van der Waals surface area contributed by atoms with Gasteiger partial charge in [0.25, 0.3) is 0 Å². The number of aromatic nitrogens is 2. The first kappa shape index (κ1) is 9.58. The zero-order valence-electron chi connectivity index (χ0n) is 8.27. The molecule has 0 radical (unpaired) electrons. The lowest BCUT2D eigenvalue weighted by molar-refractivity contribution is 0.0698. The van der Waals surface area contributed by atoms with Gasteiger partial charge in [0.05, 0.1) is 17.3 Å². The van der Waals surface area contributed by atoms with Crippen LogP contribution in [0.3, 0.4) is 0 Å². The van der Waals surface area contributed by atoms with Gasteiger partial charge in [-0.3, -0.25) is 0 Å². The maximum absolute atomic E-state index is 10.9. The van der Waals surface area contributed by atoms with E-state index in [0.29, 0.717) is 10.9 Å². The van der Waals surface area contributed by atoms with Gasteiger partial charge in [-0.2, -0.15) is 10.2 Å². The standard InChI is InChI=1S/C11H10N2O2/c1-2-7-4-3-5-8-9(11(14)15)6-12-13-10(7)8/h3-6H,2H2,1H3,(H,14,15). The quantitative estimate of drug-likeness (QED) is 0.807. The first-order chi connectivity index (χ1) is 7.24. The highest BCUT2D eigenvalue weighted by Crippen LogP contribution is 2.19. The van der Waals surface area contributed by atoms with Crippen molar-refractivity contribution in [1.29, 1.82) is 0 Å². The van der Waals surface area contributed by atoms with Crippen molar-refractivity contribution in [3.05, 3.63) is 35.5 Å². The van der Waals surface area contributed by atoms with Gasteiger partial charge in [0, 0.05) is 5.39 Å². The van der Waals surface area contributed by atoms with E-state index in [-0.39, 0.29) is 5.56 Å². The van der Waals surface area contributed by atoms with E-state index >= 15 is 0 Å². The van der Waals surface area contributed by atoms with Crippen LogP contribution < -0.4 is 0 Å². The van der Waals surface area contributed by atoms with Crippen LogP contribution in [0.4, 0.5) is 0 Å². The molecule has 0 fully saturated rings. The lowest BCUT2D eigenvalue weighted by Gasteiger charge is -2.04. The normalized spacial score (nSPS) is 10.5. The summed E-state index contributed by atoms with van der Waals surface area (Å²) in [5.74, 6) is -0.969. The highest BCUT2D eigenvalue weighted by molar-refractivity contribution is 6.02. The maximum atomic E-state index is 10.9. The molecule has 4 nitrogen and oxygen atoms in total. The molecule has 0 bridgehead atoms. The summed E-state index contributed by atoms with van der Waals surface area (Å²) >= 11 is 0. The molecule has 1 heterocycles. The second kappa shape index (κ2) is 3.65. The Morgan fingerprint density at radius 3 is 2.93 bits per heavy atom. The van der Waals surface area contributed by atoms with Gasteiger partial charge in [-0.1, -0.05) is 25.1 Å². The summed E-state index contributed by atoms with van der Waals surface area (Å²) in [6, 6.07) is 5.53. The Morgan fingerprint density at radius 1 is 1.47 bits per heavy atom. The number of carboxylic acids is 1. The summed E-state index contributed by atoms with van der Waals surface area (Å²) in [5.41, 5.74) is 1.90. The minimum absolute atomic E-state index is 0.204. The average molecular weight is 202 g/mol. The molecule has 76 valence electrons. The summed E-state index contributed by atoms with van der Waals surface area (Å²) in [5, 5.41) is 17.3. The van der Waals surface area contributed by atoms with E-state index in [1.54, 1.807) is 6.07 Å². The molecular formula is C11H10N2O2. The Hall–Kier alpha value is -1.97.